The van der Waals surface area contributed by atoms with Gasteiger partial charge in [-0.1, -0.05) is 0 Å². The third kappa shape index (κ3) is 3.10. The van der Waals surface area contributed by atoms with Gasteiger partial charge in [0, 0.05) is 24.3 Å². The second kappa shape index (κ2) is 6.23. The number of ether oxygens (including phenoxy) is 1. The van der Waals surface area contributed by atoms with Gasteiger partial charge in [0.15, 0.2) is 11.9 Å². The van der Waals surface area contributed by atoms with Gasteiger partial charge in [-0.05, 0) is 33.3 Å². The van der Waals surface area contributed by atoms with Gasteiger partial charge in [-0.15, -0.1) is 0 Å². The Kier molecular flexibility index (Phi) is 4.53. The van der Waals surface area contributed by atoms with Crippen molar-refractivity contribution in [3.8, 4) is 0 Å². The summed E-state index contributed by atoms with van der Waals surface area (Å²) in [6.45, 7) is 6.76. The van der Waals surface area contributed by atoms with Gasteiger partial charge in [0.1, 0.15) is 5.69 Å². The number of Topliss-reactive ketones (excluding diaryl/α,β-unsaturated/α-hetero) is 1. The van der Waals surface area contributed by atoms with Crippen molar-refractivity contribution in [2.45, 2.75) is 33.8 Å². The maximum atomic E-state index is 12.2. The van der Waals surface area contributed by atoms with Crippen molar-refractivity contribution in [3.63, 3.8) is 0 Å². The lowest BCUT2D eigenvalue weighted by Gasteiger charge is -2.18. The predicted octanol–water partition coefficient (Wildman–Crippen LogP) is 0.931. The van der Waals surface area contributed by atoms with Crippen molar-refractivity contribution < 1.29 is 23.9 Å². The average molecular weight is 321 g/mol. The molecule has 0 bridgehead atoms. The van der Waals surface area contributed by atoms with Crippen LogP contribution in [0.2, 0.25) is 0 Å². The molecule has 8 nitrogen and oxygen atoms in total. The Morgan fingerprint density at radius 2 is 1.91 bits per heavy atom. The van der Waals surface area contributed by atoms with Crippen molar-refractivity contribution in [2.75, 3.05) is 13.1 Å². The first kappa shape index (κ1) is 16.7. The molecule has 2 heterocycles. The minimum atomic E-state index is -1.10. The zero-order valence-corrected chi connectivity index (χ0v) is 13.5. The third-order valence-electron chi connectivity index (χ3n) is 3.75. The fourth-order valence-electron chi connectivity index (χ4n) is 2.65. The van der Waals surface area contributed by atoms with Crippen molar-refractivity contribution in [3.05, 3.63) is 22.5 Å². The molecule has 8 heteroatoms. The summed E-state index contributed by atoms with van der Waals surface area (Å²) in [5.41, 5.74) is 1.63. The number of urea groups is 1. The summed E-state index contributed by atoms with van der Waals surface area (Å²) in [6, 6.07) is -0.497. The maximum absolute atomic E-state index is 12.2. The smallest absolute Gasteiger partial charge is 0.355 e. The number of carbonyl (C=O) groups is 4. The number of aryl methyl sites for hydroxylation is 1. The predicted molar refractivity (Wildman–Crippen MR) is 80.3 cm³/mol. The molecule has 0 unspecified atom stereocenters. The number of rotatable bonds is 4. The standard InChI is InChI=1S/C15H19N3O5/c1-7-11(9(3)19)8(2)17-12(7)14(21)23-10(4)13(20)18-6-5-16-15(18)22/h10,17H,5-6H2,1-4H3,(H,16,22)/t10-/m0/s1. The molecule has 0 aliphatic carbocycles. The highest BCUT2D eigenvalue weighted by Gasteiger charge is 2.32. The van der Waals surface area contributed by atoms with E-state index >= 15 is 0 Å². The van der Waals surface area contributed by atoms with E-state index in [0.29, 0.717) is 23.4 Å². The van der Waals surface area contributed by atoms with Crippen molar-refractivity contribution in [1.82, 2.24) is 15.2 Å². The van der Waals surface area contributed by atoms with Gasteiger partial charge < -0.3 is 15.0 Å². The highest BCUT2D eigenvalue weighted by molar-refractivity contribution is 6.02. The first-order chi connectivity index (χ1) is 10.7. The van der Waals surface area contributed by atoms with E-state index < -0.39 is 24.0 Å². The Morgan fingerprint density at radius 1 is 1.26 bits per heavy atom. The Bertz CT molecular complexity index is 692. The fraction of sp³-hybridized carbons (Fsp3) is 0.467. The number of aromatic nitrogens is 1. The van der Waals surface area contributed by atoms with E-state index in [4.69, 9.17) is 4.74 Å². The summed E-state index contributed by atoms with van der Waals surface area (Å²) < 4.78 is 5.14. The molecule has 23 heavy (non-hydrogen) atoms. The lowest BCUT2D eigenvalue weighted by Crippen LogP contribution is -2.41. The molecular formula is C15H19N3O5. The molecule has 1 aliphatic heterocycles. The van der Waals surface area contributed by atoms with Gasteiger partial charge >= 0.3 is 12.0 Å². The normalized spacial score (nSPS) is 15.3. The van der Waals surface area contributed by atoms with E-state index in [9.17, 15) is 19.2 Å². The Labute approximate surface area is 133 Å². The quantitative estimate of drug-likeness (QED) is 0.633. The lowest BCUT2D eigenvalue weighted by molar-refractivity contribution is -0.136. The maximum Gasteiger partial charge on any atom is 0.355 e. The number of nitrogens with one attached hydrogen (secondary N) is 2. The SMILES string of the molecule is CC(=O)c1c(C)[nH]c(C(=O)O[C@@H](C)C(=O)N2CCNC2=O)c1C. The van der Waals surface area contributed by atoms with E-state index in [1.54, 1.807) is 13.8 Å². The van der Waals surface area contributed by atoms with Crippen LogP contribution in [0, 0.1) is 13.8 Å². The molecule has 0 aromatic carbocycles. The summed E-state index contributed by atoms with van der Waals surface area (Å²) in [5, 5.41) is 2.50. The molecule has 1 aromatic rings. The molecule has 1 atom stereocenters. The van der Waals surface area contributed by atoms with E-state index in [-0.39, 0.29) is 18.0 Å². The van der Waals surface area contributed by atoms with Crippen molar-refractivity contribution in [1.29, 1.82) is 0 Å². The van der Waals surface area contributed by atoms with E-state index in [1.165, 1.54) is 13.8 Å². The zero-order chi connectivity index (χ0) is 17.3. The third-order valence-corrected chi connectivity index (χ3v) is 3.75. The average Bonchev–Trinajstić information content (AvgIpc) is 3.01. The summed E-state index contributed by atoms with van der Waals surface area (Å²) >= 11 is 0. The van der Waals surface area contributed by atoms with Gasteiger partial charge in [0.05, 0.1) is 0 Å². The lowest BCUT2D eigenvalue weighted by atomic mass is 10.1. The second-order valence-electron chi connectivity index (χ2n) is 5.45. The number of nitrogens with zero attached hydrogens (tertiary/aromatic N) is 1. The Morgan fingerprint density at radius 3 is 2.39 bits per heavy atom. The number of H-pyrrole nitrogens is 1. The molecule has 0 saturated carbocycles. The van der Waals surface area contributed by atoms with Crippen LogP contribution < -0.4 is 5.32 Å². The van der Waals surface area contributed by atoms with Gasteiger partial charge in [-0.3, -0.25) is 14.5 Å². The van der Waals surface area contributed by atoms with Crippen LogP contribution in [0.25, 0.3) is 0 Å². The highest BCUT2D eigenvalue weighted by Crippen LogP contribution is 2.20. The number of hydrogen-bond acceptors (Lipinski definition) is 5. The van der Waals surface area contributed by atoms with Crippen LogP contribution in [0.1, 0.15) is 46.0 Å². The minimum absolute atomic E-state index is 0.137. The highest BCUT2D eigenvalue weighted by atomic mass is 16.5. The van der Waals surface area contributed by atoms with Gasteiger partial charge in [-0.2, -0.15) is 0 Å². The van der Waals surface area contributed by atoms with Crippen molar-refractivity contribution >= 4 is 23.7 Å². The first-order valence-corrected chi connectivity index (χ1v) is 7.24. The number of esters is 1. The molecule has 1 aromatic heterocycles. The molecule has 0 spiro atoms. The van der Waals surface area contributed by atoms with E-state index in [0.717, 1.165) is 4.90 Å². The van der Waals surface area contributed by atoms with Gasteiger partial charge in [0.2, 0.25) is 0 Å². The fourth-order valence-corrected chi connectivity index (χ4v) is 2.65. The van der Waals surface area contributed by atoms with Crippen LogP contribution in [0.5, 0.6) is 0 Å². The molecule has 0 radical (unpaired) electrons. The number of carbonyl (C=O) groups excluding carboxylic acids is 4. The summed E-state index contributed by atoms with van der Waals surface area (Å²) in [5.74, 6) is -1.48. The molecule has 124 valence electrons. The number of imide groups is 1. The van der Waals surface area contributed by atoms with Gasteiger partial charge in [0.25, 0.3) is 5.91 Å². The van der Waals surface area contributed by atoms with Crippen LogP contribution in [0.15, 0.2) is 0 Å². The van der Waals surface area contributed by atoms with E-state index in [2.05, 4.69) is 10.3 Å². The molecule has 2 N–H and O–H groups in total. The summed E-state index contributed by atoms with van der Waals surface area (Å²) in [6.07, 6.45) is -1.10. The molecule has 1 fully saturated rings. The van der Waals surface area contributed by atoms with Crippen LogP contribution >= 0.6 is 0 Å². The van der Waals surface area contributed by atoms with Gasteiger partial charge in [-0.25, -0.2) is 9.59 Å². The molecular weight excluding hydrogens is 302 g/mol. The zero-order valence-electron chi connectivity index (χ0n) is 13.5. The van der Waals surface area contributed by atoms with Crippen molar-refractivity contribution in [2.24, 2.45) is 0 Å². The minimum Gasteiger partial charge on any atom is -0.448 e. The molecule has 3 amide bonds. The first-order valence-electron chi connectivity index (χ1n) is 7.24. The number of ketones is 1. The molecule has 1 saturated heterocycles. The van der Waals surface area contributed by atoms with Crippen LogP contribution in [-0.4, -0.2) is 52.8 Å². The van der Waals surface area contributed by atoms with Crippen LogP contribution in [0.3, 0.4) is 0 Å². The van der Waals surface area contributed by atoms with Crippen LogP contribution in [-0.2, 0) is 9.53 Å². The number of amides is 3. The monoisotopic (exact) mass is 321 g/mol. The molecule has 1 aliphatic rings. The number of aromatic amines is 1. The number of hydrogen-bond donors (Lipinski definition) is 2. The Hall–Kier alpha value is -2.64. The largest absolute Gasteiger partial charge is 0.448 e. The Balaban J connectivity index is 2.13. The summed E-state index contributed by atoms with van der Waals surface area (Å²) in [4.78, 5) is 51.2. The summed E-state index contributed by atoms with van der Waals surface area (Å²) in [7, 11) is 0. The topological polar surface area (TPSA) is 109 Å². The van der Waals surface area contributed by atoms with Crippen LogP contribution in [0.4, 0.5) is 4.79 Å². The molecule has 2 rings (SSSR count). The van der Waals surface area contributed by atoms with E-state index in [1.807, 2.05) is 0 Å². The second-order valence-corrected chi connectivity index (χ2v) is 5.45.